The maximum Gasteiger partial charge on any atom is 0.408 e. The van der Waals surface area contributed by atoms with Gasteiger partial charge in [0.25, 0.3) is 0 Å². The molecule has 0 aromatic heterocycles. The standard InChI is InChI=1S/C33H43N3O7S/c1-8-22-14-16-24(17-15-22)27(36(18-19-37)29(39)26(21-44)35-31(41)43-33(5,6)7)28(38)34-25(30(40)42-32(2,3)4)20-23-12-10-9-11-13-23/h1,9-17,25-27,37,44H,18-21H2,2-7H3,(H,34,38)(H,35,41). The van der Waals surface area contributed by atoms with E-state index in [1.807, 2.05) is 30.3 Å². The number of carbonyl (C=O) groups is 4. The first-order chi connectivity index (χ1) is 20.6. The molecule has 10 nitrogen and oxygen atoms in total. The summed E-state index contributed by atoms with van der Waals surface area (Å²) in [6, 6.07) is 11.9. The van der Waals surface area contributed by atoms with Crippen LogP contribution in [0.25, 0.3) is 0 Å². The highest BCUT2D eigenvalue weighted by molar-refractivity contribution is 7.80. The molecule has 0 fully saturated rings. The van der Waals surface area contributed by atoms with Crippen molar-refractivity contribution in [2.24, 2.45) is 0 Å². The average Bonchev–Trinajstić information content (AvgIpc) is 2.94. The van der Waals surface area contributed by atoms with E-state index in [0.717, 1.165) is 10.5 Å². The molecule has 238 valence electrons. The number of amides is 3. The number of esters is 1. The quantitative estimate of drug-likeness (QED) is 0.161. The summed E-state index contributed by atoms with van der Waals surface area (Å²) in [5, 5.41) is 15.2. The number of ether oxygens (including phenoxy) is 2. The number of hydrogen-bond donors (Lipinski definition) is 4. The van der Waals surface area contributed by atoms with Crippen LogP contribution in [-0.4, -0.2) is 76.1 Å². The number of nitrogens with one attached hydrogen (secondary N) is 2. The van der Waals surface area contributed by atoms with Crippen molar-refractivity contribution >= 4 is 36.5 Å². The second kappa shape index (κ2) is 16.2. The monoisotopic (exact) mass is 625 g/mol. The van der Waals surface area contributed by atoms with Crippen molar-refractivity contribution in [1.29, 1.82) is 0 Å². The first-order valence-electron chi connectivity index (χ1n) is 14.2. The van der Waals surface area contributed by atoms with Crippen molar-refractivity contribution in [3.8, 4) is 12.3 Å². The molecule has 0 aliphatic rings. The van der Waals surface area contributed by atoms with Crippen LogP contribution in [0.1, 0.15) is 64.3 Å². The number of benzene rings is 2. The minimum absolute atomic E-state index is 0.123. The van der Waals surface area contributed by atoms with Crippen LogP contribution in [0.2, 0.25) is 0 Å². The Morgan fingerprint density at radius 1 is 0.909 bits per heavy atom. The van der Waals surface area contributed by atoms with Gasteiger partial charge in [-0.2, -0.15) is 12.6 Å². The zero-order valence-electron chi connectivity index (χ0n) is 26.1. The Balaban J connectivity index is 2.54. The molecule has 0 radical (unpaired) electrons. The Morgan fingerprint density at radius 3 is 2.00 bits per heavy atom. The summed E-state index contributed by atoms with van der Waals surface area (Å²) in [6.07, 6.45) is 4.80. The number of alkyl carbamates (subject to hydrolysis) is 1. The number of carbonyl (C=O) groups excluding carboxylic acids is 4. The van der Waals surface area contributed by atoms with Crippen LogP contribution in [0.4, 0.5) is 4.79 Å². The molecule has 44 heavy (non-hydrogen) atoms. The van der Waals surface area contributed by atoms with Crippen molar-refractivity contribution in [1.82, 2.24) is 15.5 Å². The number of terminal acetylenes is 1. The van der Waals surface area contributed by atoms with Crippen molar-refractivity contribution < 1.29 is 33.8 Å². The molecular weight excluding hydrogens is 582 g/mol. The molecule has 0 saturated carbocycles. The third kappa shape index (κ3) is 11.6. The van der Waals surface area contributed by atoms with Crippen LogP contribution in [0.5, 0.6) is 0 Å². The van der Waals surface area contributed by atoms with E-state index in [0.29, 0.717) is 11.1 Å². The fraction of sp³-hybridized carbons (Fsp3) is 0.455. The van der Waals surface area contributed by atoms with Crippen molar-refractivity contribution in [2.45, 2.75) is 77.3 Å². The Hall–Kier alpha value is -4.01. The molecule has 3 atom stereocenters. The molecule has 0 spiro atoms. The lowest BCUT2D eigenvalue weighted by molar-refractivity contribution is -0.159. The smallest absolute Gasteiger partial charge is 0.408 e. The van der Waals surface area contributed by atoms with E-state index in [1.54, 1.807) is 65.8 Å². The molecule has 2 aromatic rings. The van der Waals surface area contributed by atoms with E-state index in [1.165, 1.54) is 0 Å². The molecule has 3 unspecified atom stereocenters. The van der Waals surface area contributed by atoms with Gasteiger partial charge in [-0.15, -0.1) is 6.42 Å². The topological polar surface area (TPSA) is 134 Å². The lowest BCUT2D eigenvalue weighted by Crippen LogP contribution is -2.56. The number of nitrogens with zero attached hydrogens (tertiary/aromatic N) is 1. The Labute approximate surface area is 265 Å². The van der Waals surface area contributed by atoms with Crippen LogP contribution in [-0.2, 0) is 30.3 Å². The summed E-state index contributed by atoms with van der Waals surface area (Å²) in [5.74, 6) is 0.324. The van der Waals surface area contributed by atoms with Gasteiger partial charge >= 0.3 is 12.1 Å². The molecule has 0 aliphatic heterocycles. The van der Waals surface area contributed by atoms with Crippen LogP contribution in [0.3, 0.4) is 0 Å². The zero-order valence-corrected chi connectivity index (χ0v) is 27.0. The van der Waals surface area contributed by atoms with Gasteiger partial charge in [0.15, 0.2) is 0 Å². The zero-order chi connectivity index (χ0) is 33.1. The fourth-order valence-electron chi connectivity index (χ4n) is 4.21. The van der Waals surface area contributed by atoms with E-state index in [-0.39, 0.29) is 18.7 Å². The maximum atomic E-state index is 14.1. The van der Waals surface area contributed by atoms with Gasteiger partial charge in [0.2, 0.25) is 11.8 Å². The third-order valence-electron chi connectivity index (χ3n) is 6.04. The minimum atomic E-state index is -1.33. The molecule has 0 saturated heterocycles. The highest BCUT2D eigenvalue weighted by Crippen LogP contribution is 2.24. The Morgan fingerprint density at radius 2 is 1.50 bits per heavy atom. The second-order valence-corrected chi connectivity index (χ2v) is 12.5. The SMILES string of the molecule is C#Cc1ccc(C(C(=O)NC(Cc2ccccc2)C(=O)OC(C)(C)C)N(CCO)C(=O)C(CS)NC(=O)OC(C)(C)C)cc1. The summed E-state index contributed by atoms with van der Waals surface area (Å²) in [6.45, 7) is 9.43. The number of aliphatic hydroxyl groups excluding tert-OH is 1. The molecule has 2 rings (SSSR count). The van der Waals surface area contributed by atoms with Crippen LogP contribution in [0.15, 0.2) is 54.6 Å². The predicted molar refractivity (Wildman–Crippen MR) is 171 cm³/mol. The van der Waals surface area contributed by atoms with Gasteiger partial charge in [0.05, 0.1) is 6.61 Å². The Bertz CT molecular complexity index is 1310. The van der Waals surface area contributed by atoms with Crippen molar-refractivity contribution in [2.75, 3.05) is 18.9 Å². The highest BCUT2D eigenvalue weighted by atomic mass is 32.1. The predicted octanol–water partition coefficient (Wildman–Crippen LogP) is 3.42. The van der Waals surface area contributed by atoms with Gasteiger partial charge in [-0.25, -0.2) is 9.59 Å². The largest absolute Gasteiger partial charge is 0.458 e. The molecule has 2 aromatic carbocycles. The van der Waals surface area contributed by atoms with Crippen molar-refractivity contribution in [3.05, 3.63) is 71.3 Å². The lowest BCUT2D eigenvalue weighted by atomic mass is 10.00. The number of thiol groups is 1. The molecule has 3 amide bonds. The van der Waals surface area contributed by atoms with Gasteiger partial charge in [-0.3, -0.25) is 9.59 Å². The first-order valence-corrected chi connectivity index (χ1v) is 14.9. The average molecular weight is 626 g/mol. The number of rotatable bonds is 12. The molecule has 0 bridgehead atoms. The van der Waals surface area contributed by atoms with E-state index in [9.17, 15) is 24.3 Å². The summed E-state index contributed by atoms with van der Waals surface area (Å²) in [4.78, 5) is 55.0. The van der Waals surface area contributed by atoms with Crippen LogP contribution >= 0.6 is 12.6 Å². The summed E-state index contributed by atoms with van der Waals surface area (Å²) in [7, 11) is 0. The molecule has 0 aliphatic carbocycles. The number of hydrogen-bond acceptors (Lipinski definition) is 8. The summed E-state index contributed by atoms with van der Waals surface area (Å²) in [5.41, 5.74) is 0.0336. The first kappa shape index (κ1) is 36.2. The van der Waals surface area contributed by atoms with Gasteiger partial charge in [0, 0.05) is 24.3 Å². The van der Waals surface area contributed by atoms with Gasteiger partial charge < -0.3 is 30.1 Å². The minimum Gasteiger partial charge on any atom is -0.458 e. The highest BCUT2D eigenvalue weighted by Gasteiger charge is 2.38. The normalized spacial score (nSPS) is 13.4. The summed E-state index contributed by atoms with van der Waals surface area (Å²) < 4.78 is 10.9. The molecule has 11 heteroatoms. The molecule has 0 heterocycles. The second-order valence-electron chi connectivity index (χ2n) is 12.1. The van der Waals surface area contributed by atoms with Crippen LogP contribution in [0, 0.1) is 12.3 Å². The number of aliphatic hydroxyl groups is 1. The maximum absolute atomic E-state index is 14.1. The van der Waals surface area contributed by atoms with Gasteiger partial charge in [-0.05, 0) is 64.8 Å². The van der Waals surface area contributed by atoms with E-state index in [4.69, 9.17) is 15.9 Å². The summed E-state index contributed by atoms with van der Waals surface area (Å²) >= 11 is 4.25. The van der Waals surface area contributed by atoms with E-state index < -0.39 is 59.8 Å². The van der Waals surface area contributed by atoms with Gasteiger partial charge in [-0.1, -0.05) is 48.4 Å². The fourth-order valence-corrected chi connectivity index (χ4v) is 4.46. The van der Waals surface area contributed by atoms with E-state index in [2.05, 4.69) is 29.2 Å². The molecule has 3 N–H and O–H groups in total. The van der Waals surface area contributed by atoms with Gasteiger partial charge in [0.1, 0.15) is 29.3 Å². The lowest BCUT2D eigenvalue weighted by Gasteiger charge is -2.34. The Kier molecular flexibility index (Phi) is 13.3. The molecular formula is C33H43N3O7S. The van der Waals surface area contributed by atoms with Crippen LogP contribution < -0.4 is 10.6 Å². The van der Waals surface area contributed by atoms with Crippen molar-refractivity contribution in [3.63, 3.8) is 0 Å². The third-order valence-corrected chi connectivity index (χ3v) is 6.40. The van der Waals surface area contributed by atoms with E-state index >= 15 is 0 Å².